The van der Waals surface area contributed by atoms with Crippen LogP contribution in [0.15, 0.2) is 12.3 Å². The van der Waals surface area contributed by atoms with Crippen LogP contribution in [0.3, 0.4) is 0 Å². The molecule has 0 radical (unpaired) electrons. The van der Waals surface area contributed by atoms with Gasteiger partial charge < -0.3 is 4.57 Å². The van der Waals surface area contributed by atoms with Crippen molar-refractivity contribution in [1.82, 2.24) is 4.57 Å². The molecule has 19 heavy (non-hydrogen) atoms. The fourth-order valence-corrected chi connectivity index (χ4v) is 3.21. The van der Waals surface area contributed by atoms with Gasteiger partial charge in [-0.1, -0.05) is 40.0 Å². The summed E-state index contributed by atoms with van der Waals surface area (Å²) in [6, 6.07) is 2.54. The third kappa shape index (κ3) is 3.10. The van der Waals surface area contributed by atoms with E-state index in [9.17, 15) is 4.79 Å². The summed E-state index contributed by atoms with van der Waals surface area (Å²) in [6.07, 6.45) is 8.90. The zero-order valence-electron chi connectivity index (χ0n) is 12.8. The molecule has 2 nitrogen and oxygen atoms in total. The van der Waals surface area contributed by atoms with Crippen molar-refractivity contribution in [2.75, 3.05) is 0 Å². The van der Waals surface area contributed by atoms with Crippen LogP contribution in [0.5, 0.6) is 0 Å². The molecule has 106 valence electrons. The second kappa shape index (κ2) is 5.52. The normalized spacial score (nSPS) is 19.3. The van der Waals surface area contributed by atoms with E-state index in [1.807, 2.05) is 6.07 Å². The van der Waals surface area contributed by atoms with Gasteiger partial charge in [-0.25, -0.2) is 0 Å². The SMILES string of the molecule is CCCCCC(C)n1ccc2c1CC(C)(C)CC2=O. The van der Waals surface area contributed by atoms with E-state index in [1.54, 1.807) is 0 Å². The molecule has 1 unspecified atom stereocenters. The quantitative estimate of drug-likeness (QED) is 0.699. The fraction of sp³-hybridized carbons (Fsp3) is 0.706. The Morgan fingerprint density at radius 2 is 2.05 bits per heavy atom. The van der Waals surface area contributed by atoms with E-state index in [-0.39, 0.29) is 5.41 Å². The number of ketones is 1. The minimum atomic E-state index is 0.114. The Kier molecular flexibility index (Phi) is 4.17. The molecule has 0 N–H and O–H groups in total. The van der Waals surface area contributed by atoms with Crippen LogP contribution in [0.4, 0.5) is 0 Å². The lowest BCUT2D eigenvalue weighted by Gasteiger charge is -2.31. The Bertz CT molecular complexity index is 456. The molecule has 1 heterocycles. The van der Waals surface area contributed by atoms with Crippen LogP contribution >= 0.6 is 0 Å². The van der Waals surface area contributed by atoms with Crippen molar-refractivity contribution >= 4 is 5.78 Å². The third-order valence-corrected chi connectivity index (χ3v) is 4.31. The van der Waals surface area contributed by atoms with E-state index in [0.717, 1.165) is 12.0 Å². The first-order valence-electron chi connectivity index (χ1n) is 7.67. The van der Waals surface area contributed by atoms with Crippen molar-refractivity contribution in [2.45, 2.75) is 72.3 Å². The Hall–Kier alpha value is -1.05. The molecule has 0 bridgehead atoms. The van der Waals surface area contributed by atoms with Crippen LogP contribution in [0.25, 0.3) is 0 Å². The molecule has 1 atom stereocenters. The van der Waals surface area contributed by atoms with Gasteiger partial charge in [0.15, 0.2) is 5.78 Å². The van der Waals surface area contributed by atoms with Gasteiger partial charge in [0, 0.05) is 29.9 Å². The number of nitrogens with zero attached hydrogens (tertiary/aromatic N) is 1. The summed E-state index contributed by atoms with van der Waals surface area (Å²) in [5.41, 5.74) is 2.36. The molecule has 0 aromatic carbocycles. The molecule has 0 aliphatic heterocycles. The summed E-state index contributed by atoms with van der Waals surface area (Å²) < 4.78 is 2.35. The molecule has 0 saturated carbocycles. The molecule has 1 aromatic heterocycles. The molecular formula is C17H27NO. The standard InChI is InChI=1S/C17H27NO/c1-5-6-7-8-13(2)18-10-9-14-15(18)11-17(3,4)12-16(14)19/h9-10,13H,5-8,11-12H2,1-4H3. The van der Waals surface area contributed by atoms with Gasteiger partial charge in [0.05, 0.1) is 0 Å². The molecule has 0 fully saturated rings. The van der Waals surface area contributed by atoms with Crippen molar-refractivity contribution in [3.8, 4) is 0 Å². The maximum atomic E-state index is 12.2. The van der Waals surface area contributed by atoms with Gasteiger partial charge in [0.2, 0.25) is 0 Å². The number of carbonyl (C=O) groups excluding carboxylic acids is 1. The molecule has 0 amide bonds. The van der Waals surface area contributed by atoms with Crippen molar-refractivity contribution in [3.05, 3.63) is 23.5 Å². The third-order valence-electron chi connectivity index (χ3n) is 4.31. The molecule has 0 spiro atoms. The number of fused-ring (bicyclic) bond motifs is 1. The second-order valence-electron chi connectivity index (χ2n) is 6.87. The van der Waals surface area contributed by atoms with Crippen LogP contribution in [-0.2, 0) is 6.42 Å². The zero-order chi connectivity index (χ0) is 14.0. The largest absolute Gasteiger partial charge is 0.348 e. The van der Waals surface area contributed by atoms with Gasteiger partial charge in [-0.3, -0.25) is 4.79 Å². The van der Waals surface area contributed by atoms with Gasteiger partial charge in [0.25, 0.3) is 0 Å². The van der Waals surface area contributed by atoms with Gasteiger partial charge in [-0.2, -0.15) is 0 Å². The van der Waals surface area contributed by atoms with Gasteiger partial charge in [0.1, 0.15) is 0 Å². The molecule has 1 aliphatic rings. The lowest BCUT2D eigenvalue weighted by Crippen LogP contribution is -2.28. The summed E-state index contributed by atoms with van der Waals surface area (Å²) in [7, 11) is 0. The van der Waals surface area contributed by atoms with E-state index in [1.165, 1.54) is 31.4 Å². The Morgan fingerprint density at radius 1 is 1.32 bits per heavy atom. The smallest absolute Gasteiger partial charge is 0.165 e. The highest BCUT2D eigenvalue weighted by Gasteiger charge is 2.33. The number of carbonyl (C=O) groups is 1. The molecular weight excluding hydrogens is 234 g/mol. The van der Waals surface area contributed by atoms with Gasteiger partial charge in [-0.05, 0) is 31.2 Å². The average molecular weight is 261 g/mol. The highest BCUT2D eigenvalue weighted by Crippen LogP contribution is 2.36. The maximum absolute atomic E-state index is 12.2. The Morgan fingerprint density at radius 3 is 2.74 bits per heavy atom. The number of rotatable bonds is 5. The lowest BCUT2D eigenvalue weighted by molar-refractivity contribution is 0.0909. The van der Waals surface area contributed by atoms with Crippen LogP contribution in [0.1, 0.15) is 81.9 Å². The van der Waals surface area contributed by atoms with E-state index < -0.39 is 0 Å². The van der Waals surface area contributed by atoms with Gasteiger partial charge >= 0.3 is 0 Å². The van der Waals surface area contributed by atoms with Crippen molar-refractivity contribution in [1.29, 1.82) is 0 Å². The predicted octanol–water partition coefficient (Wildman–Crippen LogP) is 4.78. The minimum Gasteiger partial charge on any atom is -0.348 e. The highest BCUT2D eigenvalue weighted by molar-refractivity contribution is 5.98. The van der Waals surface area contributed by atoms with Crippen molar-refractivity contribution < 1.29 is 4.79 Å². The molecule has 0 saturated heterocycles. The first-order valence-corrected chi connectivity index (χ1v) is 7.67. The first kappa shape index (κ1) is 14.4. The summed E-state index contributed by atoms with van der Waals surface area (Å²) >= 11 is 0. The highest BCUT2D eigenvalue weighted by atomic mass is 16.1. The first-order chi connectivity index (χ1) is 8.94. The number of hydrogen-bond donors (Lipinski definition) is 0. The molecule has 2 rings (SSSR count). The van der Waals surface area contributed by atoms with E-state index in [2.05, 4.69) is 38.5 Å². The lowest BCUT2D eigenvalue weighted by atomic mass is 9.76. The average Bonchev–Trinajstić information content (AvgIpc) is 2.71. The van der Waals surface area contributed by atoms with E-state index >= 15 is 0 Å². The summed E-state index contributed by atoms with van der Waals surface area (Å²) in [6.45, 7) is 8.92. The summed E-state index contributed by atoms with van der Waals surface area (Å²) in [4.78, 5) is 12.2. The van der Waals surface area contributed by atoms with E-state index in [0.29, 0.717) is 18.2 Å². The maximum Gasteiger partial charge on any atom is 0.165 e. The minimum absolute atomic E-state index is 0.114. The monoisotopic (exact) mass is 261 g/mol. The van der Waals surface area contributed by atoms with Crippen LogP contribution in [0, 0.1) is 5.41 Å². The van der Waals surface area contributed by atoms with Gasteiger partial charge in [-0.15, -0.1) is 0 Å². The van der Waals surface area contributed by atoms with Crippen molar-refractivity contribution in [2.24, 2.45) is 5.41 Å². The number of aromatic nitrogens is 1. The summed E-state index contributed by atoms with van der Waals surface area (Å²) in [5, 5.41) is 0. The number of Topliss-reactive ketones (excluding diaryl/α,β-unsaturated/α-hetero) is 1. The Balaban J connectivity index is 2.18. The van der Waals surface area contributed by atoms with Crippen LogP contribution in [0.2, 0.25) is 0 Å². The van der Waals surface area contributed by atoms with E-state index in [4.69, 9.17) is 0 Å². The second-order valence-corrected chi connectivity index (χ2v) is 6.87. The number of hydrogen-bond acceptors (Lipinski definition) is 1. The molecule has 2 heteroatoms. The predicted molar refractivity (Wildman–Crippen MR) is 79.7 cm³/mol. The number of unbranched alkanes of at least 4 members (excludes halogenated alkanes) is 2. The van der Waals surface area contributed by atoms with Crippen molar-refractivity contribution in [3.63, 3.8) is 0 Å². The zero-order valence-corrected chi connectivity index (χ0v) is 12.8. The summed E-state index contributed by atoms with van der Waals surface area (Å²) in [5.74, 6) is 0.325. The molecule has 1 aliphatic carbocycles. The van der Waals surface area contributed by atoms with Crippen LogP contribution < -0.4 is 0 Å². The Labute approximate surface area is 117 Å². The van der Waals surface area contributed by atoms with Crippen LogP contribution in [-0.4, -0.2) is 10.4 Å². The topological polar surface area (TPSA) is 22.0 Å². The fourth-order valence-electron chi connectivity index (χ4n) is 3.21. The molecule has 1 aromatic rings.